The van der Waals surface area contributed by atoms with Crippen LogP contribution >= 0.6 is 11.6 Å². The maximum Gasteiger partial charge on any atom is 0.254 e. The zero-order valence-corrected chi connectivity index (χ0v) is 18.5. The molecule has 5 nitrogen and oxygen atoms in total. The van der Waals surface area contributed by atoms with Gasteiger partial charge in [0.25, 0.3) is 5.91 Å². The van der Waals surface area contributed by atoms with Gasteiger partial charge in [-0.25, -0.2) is 0 Å². The van der Waals surface area contributed by atoms with E-state index in [1.165, 1.54) is 26.9 Å². The van der Waals surface area contributed by atoms with Gasteiger partial charge in [-0.1, -0.05) is 54.1 Å². The number of rotatable bonds is 5. The zero-order valence-electron chi connectivity index (χ0n) is 17.7. The predicted molar refractivity (Wildman–Crippen MR) is 121 cm³/mol. The fourth-order valence-electron chi connectivity index (χ4n) is 4.19. The lowest BCUT2D eigenvalue weighted by Gasteiger charge is -2.38. The number of benzene rings is 3. The second kappa shape index (κ2) is 8.90. The highest BCUT2D eigenvalue weighted by Crippen LogP contribution is 2.42. The van der Waals surface area contributed by atoms with E-state index in [0.29, 0.717) is 34.4 Å². The van der Waals surface area contributed by atoms with Gasteiger partial charge >= 0.3 is 0 Å². The van der Waals surface area contributed by atoms with Crippen LogP contribution in [0.15, 0.2) is 60.7 Å². The highest BCUT2D eigenvalue weighted by Gasteiger charge is 2.34. The van der Waals surface area contributed by atoms with Crippen molar-refractivity contribution in [3.8, 4) is 17.2 Å². The van der Waals surface area contributed by atoms with E-state index in [9.17, 15) is 4.79 Å². The van der Waals surface area contributed by atoms with E-state index in [0.717, 1.165) is 17.5 Å². The molecule has 0 bridgehead atoms. The van der Waals surface area contributed by atoms with Gasteiger partial charge in [0, 0.05) is 17.1 Å². The number of carbonyl (C=O) groups is 1. The van der Waals surface area contributed by atoms with Crippen LogP contribution in [0.4, 0.5) is 0 Å². The van der Waals surface area contributed by atoms with Crippen LogP contribution in [0.5, 0.6) is 17.2 Å². The molecule has 0 saturated heterocycles. The molecular formula is C25H24ClNO4. The maximum atomic E-state index is 13.8. The zero-order chi connectivity index (χ0) is 22.0. The number of hydrogen-bond donors (Lipinski definition) is 0. The van der Waals surface area contributed by atoms with Gasteiger partial charge in [-0.15, -0.1) is 0 Å². The molecule has 4 rings (SSSR count). The van der Waals surface area contributed by atoms with Gasteiger partial charge in [-0.05, 0) is 41.3 Å². The Morgan fingerprint density at radius 3 is 2.13 bits per heavy atom. The molecule has 0 N–H and O–H groups in total. The lowest BCUT2D eigenvalue weighted by molar-refractivity contribution is 0.0694. The number of carbonyl (C=O) groups excluding carboxylic acids is 1. The quantitative estimate of drug-likeness (QED) is 0.553. The number of methoxy groups -OCH3 is 3. The molecule has 3 aromatic rings. The molecule has 31 heavy (non-hydrogen) atoms. The van der Waals surface area contributed by atoms with Crippen LogP contribution < -0.4 is 14.2 Å². The second-order valence-electron chi connectivity index (χ2n) is 7.29. The number of halogens is 1. The summed E-state index contributed by atoms with van der Waals surface area (Å²) in [5, 5.41) is 0.631. The van der Waals surface area contributed by atoms with Gasteiger partial charge in [0.2, 0.25) is 5.75 Å². The monoisotopic (exact) mass is 437 g/mol. The van der Waals surface area contributed by atoms with E-state index in [4.69, 9.17) is 25.8 Å². The topological polar surface area (TPSA) is 48.0 Å². The molecule has 1 unspecified atom stereocenters. The molecule has 6 heteroatoms. The standard InChI is InChI=1S/C25H24ClNO4/c1-29-21-14-17(15-22(30-2)24(21)31-3)25(28)27-13-12-16-8-4-5-9-18(16)23(27)19-10-6-7-11-20(19)26/h4-11,14-15,23H,12-13H2,1-3H3. The minimum absolute atomic E-state index is 0.126. The Hall–Kier alpha value is -3.18. The van der Waals surface area contributed by atoms with Crippen LogP contribution in [0.2, 0.25) is 5.02 Å². The fraction of sp³-hybridized carbons (Fsp3) is 0.240. The van der Waals surface area contributed by atoms with Crippen LogP contribution in [0.1, 0.15) is 33.1 Å². The first-order chi connectivity index (χ1) is 15.1. The fourth-order valence-corrected chi connectivity index (χ4v) is 4.43. The van der Waals surface area contributed by atoms with Gasteiger partial charge in [0.15, 0.2) is 11.5 Å². The Bertz CT molecular complexity index is 1090. The first-order valence-corrected chi connectivity index (χ1v) is 10.4. The van der Waals surface area contributed by atoms with E-state index in [2.05, 4.69) is 12.1 Å². The van der Waals surface area contributed by atoms with E-state index in [1.54, 1.807) is 12.1 Å². The van der Waals surface area contributed by atoms with Crippen LogP contribution in [-0.4, -0.2) is 38.7 Å². The van der Waals surface area contributed by atoms with Crippen LogP contribution in [0.3, 0.4) is 0 Å². The molecule has 160 valence electrons. The summed E-state index contributed by atoms with van der Waals surface area (Å²) >= 11 is 6.58. The third-order valence-electron chi connectivity index (χ3n) is 5.66. The molecule has 3 aromatic carbocycles. The smallest absolute Gasteiger partial charge is 0.254 e. The van der Waals surface area contributed by atoms with Crippen molar-refractivity contribution in [2.75, 3.05) is 27.9 Å². The van der Waals surface area contributed by atoms with Gasteiger partial charge in [-0.2, -0.15) is 0 Å². The van der Waals surface area contributed by atoms with E-state index < -0.39 is 0 Å². The van der Waals surface area contributed by atoms with E-state index in [-0.39, 0.29) is 11.9 Å². The number of fused-ring (bicyclic) bond motifs is 1. The van der Waals surface area contributed by atoms with Crippen molar-refractivity contribution in [3.63, 3.8) is 0 Å². The SMILES string of the molecule is COc1cc(C(=O)N2CCc3ccccc3C2c2ccccc2Cl)cc(OC)c1OC. The lowest BCUT2D eigenvalue weighted by atomic mass is 9.87. The first kappa shape index (κ1) is 21.1. The third-order valence-corrected chi connectivity index (χ3v) is 6.00. The minimum atomic E-state index is -0.287. The highest BCUT2D eigenvalue weighted by molar-refractivity contribution is 6.31. The summed E-state index contributed by atoms with van der Waals surface area (Å²) in [6.45, 7) is 0.572. The summed E-state index contributed by atoms with van der Waals surface area (Å²) < 4.78 is 16.3. The molecule has 0 aromatic heterocycles. The molecule has 0 fully saturated rings. The largest absolute Gasteiger partial charge is 0.493 e. The molecule has 1 aliphatic heterocycles. The van der Waals surface area contributed by atoms with Gasteiger partial charge < -0.3 is 19.1 Å². The average Bonchev–Trinajstić information content (AvgIpc) is 2.82. The number of ether oxygens (including phenoxy) is 3. The first-order valence-electron chi connectivity index (χ1n) is 10.0. The van der Waals surface area contributed by atoms with Gasteiger partial charge in [0.05, 0.1) is 27.4 Å². The molecule has 0 saturated carbocycles. The Morgan fingerprint density at radius 1 is 0.903 bits per heavy atom. The average molecular weight is 438 g/mol. The predicted octanol–water partition coefficient (Wildman–Crippen LogP) is 5.15. The van der Waals surface area contributed by atoms with Crippen molar-refractivity contribution < 1.29 is 19.0 Å². The summed E-state index contributed by atoms with van der Waals surface area (Å²) in [7, 11) is 4.61. The van der Waals surface area contributed by atoms with Crippen LogP contribution in [0, 0.1) is 0 Å². The van der Waals surface area contributed by atoms with Crippen molar-refractivity contribution in [1.82, 2.24) is 4.90 Å². The van der Waals surface area contributed by atoms with Crippen LogP contribution in [0.25, 0.3) is 0 Å². The molecule has 1 amide bonds. The summed E-state index contributed by atoms with van der Waals surface area (Å²) in [6.07, 6.45) is 0.771. The molecule has 0 radical (unpaired) electrons. The summed E-state index contributed by atoms with van der Waals surface area (Å²) in [5.74, 6) is 1.21. The molecule has 1 heterocycles. The normalized spacial score (nSPS) is 15.2. The molecule has 1 atom stereocenters. The Morgan fingerprint density at radius 2 is 1.52 bits per heavy atom. The Kier molecular flexibility index (Phi) is 6.05. The Labute approximate surface area is 187 Å². The van der Waals surface area contributed by atoms with Gasteiger partial charge in [-0.3, -0.25) is 4.79 Å². The highest BCUT2D eigenvalue weighted by atomic mass is 35.5. The second-order valence-corrected chi connectivity index (χ2v) is 7.69. The van der Waals surface area contributed by atoms with Crippen molar-refractivity contribution >= 4 is 17.5 Å². The van der Waals surface area contributed by atoms with E-state index >= 15 is 0 Å². The lowest BCUT2D eigenvalue weighted by Crippen LogP contribution is -2.40. The number of amides is 1. The van der Waals surface area contributed by atoms with Crippen molar-refractivity contribution in [1.29, 1.82) is 0 Å². The van der Waals surface area contributed by atoms with E-state index in [1.807, 2.05) is 41.3 Å². The summed E-state index contributed by atoms with van der Waals surface area (Å²) in [6, 6.07) is 19.0. The molecule has 0 spiro atoms. The molecular weight excluding hydrogens is 414 g/mol. The summed E-state index contributed by atoms with van der Waals surface area (Å²) in [5.41, 5.74) is 3.67. The number of nitrogens with zero attached hydrogens (tertiary/aromatic N) is 1. The molecule has 0 aliphatic carbocycles. The van der Waals surface area contributed by atoms with Gasteiger partial charge in [0.1, 0.15) is 0 Å². The number of hydrogen-bond acceptors (Lipinski definition) is 4. The Balaban J connectivity index is 1.83. The van der Waals surface area contributed by atoms with Crippen LogP contribution in [-0.2, 0) is 6.42 Å². The summed E-state index contributed by atoms with van der Waals surface area (Å²) in [4.78, 5) is 15.6. The minimum Gasteiger partial charge on any atom is -0.493 e. The third kappa shape index (κ3) is 3.81. The molecule has 1 aliphatic rings. The maximum absolute atomic E-state index is 13.8. The van der Waals surface area contributed by atoms with Crippen molar-refractivity contribution in [2.24, 2.45) is 0 Å². The van der Waals surface area contributed by atoms with Crippen molar-refractivity contribution in [2.45, 2.75) is 12.5 Å². The van der Waals surface area contributed by atoms with Crippen molar-refractivity contribution in [3.05, 3.63) is 87.9 Å².